The van der Waals surface area contributed by atoms with Crippen molar-refractivity contribution in [1.29, 1.82) is 0 Å². The lowest BCUT2D eigenvalue weighted by atomic mass is 10.0. The van der Waals surface area contributed by atoms with Crippen LogP contribution in [0.4, 0.5) is 4.39 Å². The van der Waals surface area contributed by atoms with Gasteiger partial charge >= 0.3 is 0 Å². The van der Waals surface area contributed by atoms with E-state index in [2.05, 4.69) is 29.0 Å². The highest BCUT2D eigenvalue weighted by molar-refractivity contribution is 7.80. The molecule has 1 saturated heterocycles. The first-order valence-electron chi connectivity index (χ1n) is 9.46. The van der Waals surface area contributed by atoms with E-state index in [4.69, 9.17) is 12.2 Å². The molecule has 3 aromatic rings. The fourth-order valence-corrected chi connectivity index (χ4v) is 4.13. The summed E-state index contributed by atoms with van der Waals surface area (Å²) < 4.78 is 16.5. The van der Waals surface area contributed by atoms with Gasteiger partial charge in [0.2, 0.25) is 0 Å². The maximum Gasteiger partial charge on any atom is 0.170 e. The van der Waals surface area contributed by atoms with Crippen molar-refractivity contribution in [2.75, 3.05) is 6.54 Å². The summed E-state index contributed by atoms with van der Waals surface area (Å²) >= 11 is 5.68. The van der Waals surface area contributed by atoms with Crippen LogP contribution in [0.25, 0.3) is 5.69 Å². The standard InChI is InChI=1S/C22H23FN4S/c1-15(2)14-27-21(20(25-22(27)28)17-9-5-6-12-24-17)19-11-7-13-26(19)18-10-4-3-8-16(18)23/h3-13,15,20-21H,14H2,1-2H3,(H,25,28)/t20-,21+/m0/s1. The Labute approximate surface area is 170 Å². The second kappa shape index (κ2) is 7.72. The zero-order valence-electron chi connectivity index (χ0n) is 15.9. The minimum absolute atomic E-state index is 0.0839. The number of hydrogen-bond donors (Lipinski definition) is 1. The summed E-state index contributed by atoms with van der Waals surface area (Å²) in [6.45, 7) is 5.15. The first-order chi connectivity index (χ1) is 13.6. The Morgan fingerprint density at radius 2 is 1.89 bits per heavy atom. The topological polar surface area (TPSA) is 33.1 Å². The molecule has 3 heterocycles. The Balaban J connectivity index is 1.83. The summed E-state index contributed by atoms with van der Waals surface area (Å²) in [5.74, 6) is 0.180. The van der Waals surface area contributed by atoms with E-state index in [1.807, 2.05) is 47.2 Å². The van der Waals surface area contributed by atoms with Gasteiger partial charge in [0.05, 0.1) is 23.5 Å². The number of halogens is 1. The summed E-state index contributed by atoms with van der Waals surface area (Å²) in [5.41, 5.74) is 2.43. The Kier molecular flexibility index (Phi) is 5.13. The molecular formula is C22H23FN4S. The van der Waals surface area contributed by atoms with Gasteiger partial charge in [0.1, 0.15) is 5.82 Å². The van der Waals surface area contributed by atoms with Gasteiger partial charge in [0.25, 0.3) is 0 Å². The van der Waals surface area contributed by atoms with Crippen LogP contribution < -0.4 is 5.32 Å². The molecular weight excluding hydrogens is 371 g/mol. The summed E-state index contributed by atoms with van der Waals surface area (Å²) in [5, 5.41) is 4.15. The lowest BCUT2D eigenvalue weighted by Gasteiger charge is -2.30. The summed E-state index contributed by atoms with van der Waals surface area (Å²) in [4.78, 5) is 6.76. The fourth-order valence-electron chi connectivity index (χ4n) is 3.82. The third-order valence-electron chi connectivity index (χ3n) is 4.95. The third-order valence-corrected chi connectivity index (χ3v) is 5.31. The van der Waals surface area contributed by atoms with Crippen molar-refractivity contribution in [3.63, 3.8) is 0 Å². The Hall–Kier alpha value is -2.73. The van der Waals surface area contributed by atoms with Crippen LogP contribution in [0.5, 0.6) is 0 Å². The van der Waals surface area contributed by atoms with Crippen LogP contribution in [0.15, 0.2) is 67.0 Å². The molecule has 0 bridgehead atoms. The predicted octanol–water partition coefficient (Wildman–Crippen LogP) is 4.64. The highest BCUT2D eigenvalue weighted by Gasteiger charge is 2.41. The molecule has 2 aromatic heterocycles. The van der Waals surface area contributed by atoms with Crippen LogP contribution in [0.1, 0.15) is 37.3 Å². The molecule has 4 rings (SSSR count). The highest BCUT2D eigenvalue weighted by atomic mass is 32.1. The molecule has 6 heteroatoms. The van der Waals surface area contributed by atoms with E-state index in [1.54, 1.807) is 18.3 Å². The zero-order valence-corrected chi connectivity index (χ0v) is 16.7. The van der Waals surface area contributed by atoms with Crippen molar-refractivity contribution in [2.45, 2.75) is 25.9 Å². The predicted molar refractivity (Wildman–Crippen MR) is 113 cm³/mol. The van der Waals surface area contributed by atoms with E-state index in [9.17, 15) is 4.39 Å². The molecule has 0 unspecified atom stereocenters. The monoisotopic (exact) mass is 394 g/mol. The Bertz CT molecular complexity index is 969. The normalized spacial score (nSPS) is 19.3. The van der Waals surface area contributed by atoms with Gasteiger partial charge in [-0.05, 0) is 54.5 Å². The van der Waals surface area contributed by atoms with Crippen LogP contribution in [0, 0.1) is 11.7 Å². The minimum atomic E-state index is -0.252. The summed E-state index contributed by atoms with van der Waals surface area (Å²) in [6.07, 6.45) is 3.69. The zero-order chi connectivity index (χ0) is 19.7. The van der Waals surface area contributed by atoms with Gasteiger partial charge in [-0.25, -0.2) is 4.39 Å². The average molecular weight is 395 g/mol. The quantitative estimate of drug-likeness (QED) is 0.639. The molecule has 0 radical (unpaired) electrons. The number of nitrogens with zero attached hydrogens (tertiary/aromatic N) is 3. The first-order valence-corrected chi connectivity index (χ1v) is 9.87. The van der Waals surface area contributed by atoms with Gasteiger partial charge in [-0.15, -0.1) is 0 Å². The van der Waals surface area contributed by atoms with E-state index < -0.39 is 0 Å². The second-order valence-corrected chi connectivity index (χ2v) is 7.81. The SMILES string of the molecule is CC(C)CN1C(=S)N[C@@H](c2ccccn2)[C@H]1c1cccn1-c1ccccc1F. The maximum absolute atomic E-state index is 14.5. The average Bonchev–Trinajstić information content (AvgIpc) is 3.27. The Morgan fingerprint density at radius 3 is 2.61 bits per heavy atom. The molecule has 28 heavy (non-hydrogen) atoms. The molecule has 144 valence electrons. The second-order valence-electron chi connectivity index (χ2n) is 7.43. The van der Waals surface area contributed by atoms with Crippen molar-refractivity contribution in [1.82, 2.24) is 19.8 Å². The van der Waals surface area contributed by atoms with Crippen molar-refractivity contribution < 1.29 is 4.39 Å². The number of rotatable bonds is 5. The van der Waals surface area contributed by atoms with Crippen LogP contribution in [-0.4, -0.2) is 26.1 Å². The van der Waals surface area contributed by atoms with Gasteiger partial charge in [-0.2, -0.15) is 0 Å². The molecule has 1 aromatic carbocycles. The highest BCUT2D eigenvalue weighted by Crippen LogP contribution is 2.40. The van der Waals surface area contributed by atoms with Gasteiger partial charge in [0, 0.05) is 24.6 Å². The van der Waals surface area contributed by atoms with Crippen LogP contribution >= 0.6 is 12.2 Å². The molecule has 0 spiro atoms. The molecule has 1 fully saturated rings. The van der Waals surface area contributed by atoms with Crippen molar-refractivity contribution in [3.8, 4) is 5.69 Å². The van der Waals surface area contributed by atoms with E-state index in [0.29, 0.717) is 16.7 Å². The van der Waals surface area contributed by atoms with E-state index in [-0.39, 0.29) is 17.9 Å². The van der Waals surface area contributed by atoms with Crippen molar-refractivity contribution in [2.24, 2.45) is 5.92 Å². The molecule has 1 aliphatic rings. The van der Waals surface area contributed by atoms with Crippen LogP contribution in [-0.2, 0) is 0 Å². The lowest BCUT2D eigenvalue weighted by Crippen LogP contribution is -2.33. The van der Waals surface area contributed by atoms with Gasteiger partial charge in [0.15, 0.2) is 5.11 Å². The number of nitrogens with one attached hydrogen (secondary N) is 1. The number of thiocarbonyl (C=S) groups is 1. The molecule has 0 saturated carbocycles. The van der Waals surface area contributed by atoms with E-state index >= 15 is 0 Å². The van der Waals surface area contributed by atoms with Gasteiger partial charge in [-0.1, -0.05) is 32.0 Å². The maximum atomic E-state index is 14.5. The number of pyridine rings is 1. The molecule has 2 atom stereocenters. The number of hydrogen-bond acceptors (Lipinski definition) is 2. The van der Waals surface area contributed by atoms with E-state index in [0.717, 1.165) is 17.9 Å². The van der Waals surface area contributed by atoms with Crippen LogP contribution in [0.3, 0.4) is 0 Å². The van der Waals surface area contributed by atoms with Gasteiger partial charge < -0.3 is 14.8 Å². The number of benzene rings is 1. The fraction of sp³-hybridized carbons (Fsp3) is 0.273. The largest absolute Gasteiger partial charge is 0.352 e. The first kappa shape index (κ1) is 18.6. The lowest BCUT2D eigenvalue weighted by molar-refractivity contribution is 0.280. The molecule has 0 aliphatic carbocycles. The van der Waals surface area contributed by atoms with E-state index in [1.165, 1.54) is 6.07 Å². The summed E-state index contributed by atoms with van der Waals surface area (Å²) in [6, 6.07) is 16.5. The number of aromatic nitrogens is 2. The summed E-state index contributed by atoms with van der Waals surface area (Å²) in [7, 11) is 0. The molecule has 4 nitrogen and oxygen atoms in total. The van der Waals surface area contributed by atoms with Gasteiger partial charge in [-0.3, -0.25) is 4.98 Å². The van der Waals surface area contributed by atoms with Crippen LogP contribution in [0.2, 0.25) is 0 Å². The van der Waals surface area contributed by atoms with Crippen molar-refractivity contribution >= 4 is 17.3 Å². The number of para-hydroxylation sites is 1. The molecule has 1 N–H and O–H groups in total. The smallest absolute Gasteiger partial charge is 0.170 e. The Morgan fingerprint density at radius 1 is 1.11 bits per heavy atom. The molecule has 0 amide bonds. The third kappa shape index (κ3) is 3.40. The van der Waals surface area contributed by atoms with Crippen molar-refractivity contribution in [3.05, 3.63) is 84.2 Å². The molecule has 1 aliphatic heterocycles. The minimum Gasteiger partial charge on any atom is -0.352 e.